The molecule has 1 aromatic carbocycles. The number of rotatable bonds is 6. The Labute approximate surface area is 108 Å². The van der Waals surface area contributed by atoms with Crippen LogP contribution >= 0.6 is 0 Å². The van der Waals surface area contributed by atoms with Gasteiger partial charge >= 0.3 is 0 Å². The predicted molar refractivity (Wildman–Crippen MR) is 71.1 cm³/mol. The van der Waals surface area contributed by atoms with Gasteiger partial charge in [-0.3, -0.25) is 4.79 Å². The fraction of sp³-hybridized carbons (Fsp3) is 0.357. The molecule has 4 nitrogen and oxygen atoms in total. The predicted octanol–water partition coefficient (Wildman–Crippen LogP) is 0.704. The summed E-state index contributed by atoms with van der Waals surface area (Å²) in [6.45, 7) is 0.511. The molecule has 1 aromatic rings. The van der Waals surface area contributed by atoms with Crippen molar-refractivity contribution in [1.29, 1.82) is 0 Å². The molecular formula is C14H18N2O2. The van der Waals surface area contributed by atoms with E-state index < -0.39 is 6.04 Å². The van der Waals surface area contributed by atoms with E-state index in [4.69, 9.17) is 16.9 Å². The number of amides is 1. The third-order valence-electron chi connectivity index (χ3n) is 2.56. The maximum atomic E-state index is 11.5. The molecule has 3 N–H and O–H groups in total. The molecule has 96 valence electrons. The van der Waals surface area contributed by atoms with Gasteiger partial charge in [0.25, 0.3) is 0 Å². The minimum absolute atomic E-state index is 0.220. The van der Waals surface area contributed by atoms with E-state index in [2.05, 4.69) is 11.2 Å². The molecule has 0 saturated heterocycles. The number of carbonyl (C=O) groups excluding carboxylic acids is 1. The highest BCUT2D eigenvalue weighted by Crippen LogP contribution is 2.17. The van der Waals surface area contributed by atoms with Crippen LogP contribution in [0.4, 0.5) is 0 Å². The van der Waals surface area contributed by atoms with Gasteiger partial charge < -0.3 is 15.8 Å². The molecule has 18 heavy (non-hydrogen) atoms. The first-order chi connectivity index (χ1) is 8.69. The zero-order valence-corrected chi connectivity index (χ0v) is 10.5. The van der Waals surface area contributed by atoms with Crippen LogP contribution in [-0.2, 0) is 11.2 Å². The van der Waals surface area contributed by atoms with Crippen molar-refractivity contribution in [3.8, 4) is 18.1 Å². The maximum absolute atomic E-state index is 11.5. The van der Waals surface area contributed by atoms with E-state index in [-0.39, 0.29) is 12.3 Å². The van der Waals surface area contributed by atoms with Crippen molar-refractivity contribution in [2.45, 2.75) is 18.9 Å². The Bertz CT molecular complexity index is 438. The van der Waals surface area contributed by atoms with Gasteiger partial charge in [0, 0.05) is 13.0 Å². The highest BCUT2D eigenvalue weighted by atomic mass is 16.5. The highest BCUT2D eigenvalue weighted by molar-refractivity contribution is 5.81. The quantitative estimate of drug-likeness (QED) is 0.726. The molecule has 0 fully saturated rings. The molecule has 0 heterocycles. The van der Waals surface area contributed by atoms with Crippen molar-refractivity contribution in [1.82, 2.24) is 5.32 Å². The lowest BCUT2D eigenvalue weighted by Gasteiger charge is -2.11. The van der Waals surface area contributed by atoms with Gasteiger partial charge in [-0.25, -0.2) is 0 Å². The van der Waals surface area contributed by atoms with E-state index in [0.29, 0.717) is 13.0 Å². The Balaban J connectivity index is 2.42. The summed E-state index contributed by atoms with van der Waals surface area (Å²) in [5.41, 5.74) is 6.63. The molecule has 0 aromatic heterocycles. The lowest BCUT2D eigenvalue weighted by molar-refractivity contribution is -0.122. The Morgan fingerprint density at radius 1 is 1.56 bits per heavy atom. The summed E-state index contributed by atoms with van der Waals surface area (Å²) in [7, 11) is 1.63. The van der Waals surface area contributed by atoms with Crippen LogP contribution in [0, 0.1) is 12.3 Å². The van der Waals surface area contributed by atoms with Gasteiger partial charge in [-0.15, -0.1) is 12.3 Å². The van der Waals surface area contributed by atoms with Crippen LogP contribution in [0.1, 0.15) is 12.0 Å². The normalized spacial score (nSPS) is 11.4. The second-order valence-corrected chi connectivity index (χ2v) is 3.87. The van der Waals surface area contributed by atoms with E-state index in [1.54, 1.807) is 7.11 Å². The second-order valence-electron chi connectivity index (χ2n) is 3.87. The Kier molecular flexibility index (Phi) is 5.75. The number of benzene rings is 1. The lowest BCUT2D eigenvalue weighted by atomic mass is 10.1. The minimum atomic E-state index is -0.632. The molecule has 0 bridgehead atoms. The first-order valence-corrected chi connectivity index (χ1v) is 5.77. The third kappa shape index (κ3) is 4.11. The number of hydrogen-bond acceptors (Lipinski definition) is 3. The average Bonchev–Trinajstić information content (AvgIpc) is 2.39. The van der Waals surface area contributed by atoms with Crippen LogP contribution in [0.15, 0.2) is 24.3 Å². The summed E-state index contributed by atoms with van der Waals surface area (Å²) < 4.78 is 5.22. The zero-order chi connectivity index (χ0) is 13.4. The fourth-order valence-corrected chi connectivity index (χ4v) is 1.58. The Morgan fingerprint density at radius 3 is 2.94 bits per heavy atom. The zero-order valence-electron chi connectivity index (χ0n) is 10.5. The summed E-state index contributed by atoms with van der Waals surface area (Å²) in [6, 6.07) is 7.06. The largest absolute Gasteiger partial charge is 0.496 e. The van der Waals surface area contributed by atoms with Crippen LogP contribution in [0.3, 0.4) is 0 Å². The van der Waals surface area contributed by atoms with Crippen molar-refractivity contribution in [3.05, 3.63) is 29.8 Å². The highest BCUT2D eigenvalue weighted by Gasteiger charge is 2.11. The number of nitrogens with two attached hydrogens (primary N) is 1. The monoisotopic (exact) mass is 246 g/mol. The maximum Gasteiger partial charge on any atom is 0.237 e. The van der Waals surface area contributed by atoms with Gasteiger partial charge in [-0.2, -0.15) is 0 Å². The second kappa shape index (κ2) is 7.36. The number of methoxy groups -OCH3 is 1. The topological polar surface area (TPSA) is 64.4 Å². The van der Waals surface area contributed by atoms with E-state index >= 15 is 0 Å². The Morgan fingerprint density at radius 2 is 2.28 bits per heavy atom. The molecule has 0 aliphatic carbocycles. The number of carbonyl (C=O) groups is 1. The molecule has 1 amide bonds. The van der Waals surface area contributed by atoms with Crippen molar-refractivity contribution < 1.29 is 9.53 Å². The van der Waals surface area contributed by atoms with Crippen molar-refractivity contribution in [3.63, 3.8) is 0 Å². The third-order valence-corrected chi connectivity index (χ3v) is 2.56. The van der Waals surface area contributed by atoms with Crippen LogP contribution in [-0.4, -0.2) is 25.6 Å². The van der Waals surface area contributed by atoms with Gasteiger partial charge in [-0.05, 0) is 18.1 Å². The molecule has 1 rings (SSSR count). The van der Waals surface area contributed by atoms with Crippen LogP contribution in [0.5, 0.6) is 5.75 Å². The van der Waals surface area contributed by atoms with Gasteiger partial charge in [-0.1, -0.05) is 18.2 Å². The number of nitrogens with one attached hydrogen (secondary N) is 1. The summed E-state index contributed by atoms with van der Waals surface area (Å²) in [5, 5.41) is 2.75. The minimum Gasteiger partial charge on any atom is -0.496 e. The standard InChI is InChI=1S/C14H18N2O2/c1-3-6-12(15)14(17)16-10-9-11-7-4-5-8-13(11)18-2/h1,4-5,7-8,12H,6,9-10,15H2,2H3,(H,16,17). The molecule has 4 heteroatoms. The molecule has 1 unspecified atom stereocenters. The first-order valence-electron chi connectivity index (χ1n) is 5.77. The summed E-state index contributed by atoms with van der Waals surface area (Å²) in [6.07, 6.45) is 6.04. The average molecular weight is 246 g/mol. The van der Waals surface area contributed by atoms with Gasteiger partial charge in [0.15, 0.2) is 0 Å². The van der Waals surface area contributed by atoms with E-state index in [1.807, 2.05) is 24.3 Å². The van der Waals surface area contributed by atoms with Gasteiger partial charge in [0.2, 0.25) is 5.91 Å². The van der Waals surface area contributed by atoms with E-state index in [1.165, 1.54) is 0 Å². The molecular weight excluding hydrogens is 228 g/mol. The number of ether oxygens (including phenoxy) is 1. The Hall–Kier alpha value is -1.99. The molecule has 0 aliphatic heterocycles. The number of terminal acetylenes is 1. The number of para-hydroxylation sites is 1. The fourth-order valence-electron chi connectivity index (χ4n) is 1.58. The van der Waals surface area contributed by atoms with Gasteiger partial charge in [0.1, 0.15) is 5.75 Å². The van der Waals surface area contributed by atoms with Crippen LogP contribution < -0.4 is 15.8 Å². The van der Waals surface area contributed by atoms with Crippen LogP contribution in [0.2, 0.25) is 0 Å². The number of hydrogen-bond donors (Lipinski definition) is 2. The van der Waals surface area contributed by atoms with Crippen molar-refractivity contribution in [2.24, 2.45) is 5.73 Å². The van der Waals surface area contributed by atoms with E-state index in [9.17, 15) is 4.79 Å². The molecule has 0 aliphatic rings. The summed E-state index contributed by atoms with van der Waals surface area (Å²) in [4.78, 5) is 11.5. The smallest absolute Gasteiger partial charge is 0.237 e. The SMILES string of the molecule is C#CCC(N)C(=O)NCCc1ccccc1OC. The van der Waals surface area contributed by atoms with Gasteiger partial charge in [0.05, 0.1) is 13.2 Å². The summed E-state index contributed by atoms with van der Waals surface area (Å²) >= 11 is 0. The molecule has 1 atom stereocenters. The molecule has 0 saturated carbocycles. The lowest BCUT2D eigenvalue weighted by Crippen LogP contribution is -2.41. The van der Waals surface area contributed by atoms with Crippen molar-refractivity contribution in [2.75, 3.05) is 13.7 Å². The van der Waals surface area contributed by atoms with E-state index in [0.717, 1.165) is 11.3 Å². The first kappa shape index (κ1) is 14.1. The summed E-state index contributed by atoms with van der Waals surface area (Å²) in [5.74, 6) is 2.97. The van der Waals surface area contributed by atoms with Crippen molar-refractivity contribution >= 4 is 5.91 Å². The molecule has 0 radical (unpaired) electrons. The van der Waals surface area contributed by atoms with Crippen LogP contribution in [0.25, 0.3) is 0 Å². The molecule has 0 spiro atoms.